The van der Waals surface area contributed by atoms with E-state index in [4.69, 9.17) is 9.47 Å². The second-order valence-corrected chi connectivity index (χ2v) is 9.49. The van der Waals surface area contributed by atoms with Crippen LogP contribution in [0.15, 0.2) is 30.7 Å². The maximum Gasteiger partial charge on any atom is 0.280 e. The highest BCUT2D eigenvalue weighted by atomic mass is 19.3. The van der Waals surface area contributed by atoms with Crippen LogP contribution >= 0.6 is 0 Å². The SMILES string of the molecule is COc1nc(NC2CCN(C3COC3)CC2(F)F)nn2cc(F)c(-c3ccc4ncn(CC(F)F)c4c3)c12. The molecule has 0 saturated carbocycles. The van der Waals surface area contributed by atoms with Gasteiger partial charge in [0.2, 0.25) is 11.8 Å². The zero-order valence-electron chi connectivity index (χ0n) is 20.3. The lowest BCUT2D eigenvalue weighted by Crippen LogP contribution is -2.61. The Hall–Kier alpha value is -3.52. The molecule has 5 heterocycles. The molecule has 0 amide bonds. The molecule has 3 aromatic heterocycles. The Kier molecular flexibility index (Phi) is 6.10. The van der Waals surface area contributed by atoms with Crippen molar-refractivity contribution >= 4 is 22.5 Å². The Labute approximate surface area is 213 Å². The van der Waals surface area contributed by atoms with E-state index in [0.717, 1.165) is 6.20 Å². The summed E-state index contributed by atoms with van der Waals surface area (Å²) in [5.41, 5.74) is 1.50. The number of likely N-dealkylation sites (tertiary alicyclic amines) is 1. The number of alkyl halides is 4. The van der Waals surface area contributed by atoms with E-state index in [2.05, 4.69) is 20.4 Å². The van der Waals surface area contributed by atoms with E-state index in [-0.39, 0.29) is 35.4 Å². The number of halogens is 5. The smallest absolute Gasteiger partial charge is 0.280 e. The molecule has 2 aliphatic rings. The van der Waals surface area contributed by atoms with Gasteiger partial charge in [0.05, 0.1) is 74.6 Å². The molecular weight excluding hydrogens is 513 g/mol. The van der Waals surface area contributed by atoms with Gasteiger partial charge in [0, 0.05) is 6.54 Å². The molecule has 202 valence electrons. The average Bonchev–Trinajstić information content (AvgIpc) is 3.37. The van der Waals surface area contributed by atoms with Crippen LogP contribution < -0.4 is 10.1 Å². The predicted octanol–water partition coefficient (Wildman–Crippen LogP) is 3.68. The molecule has 14 heteroatoms. The van der Waals surface area contributed by atoms with Gasteiger partial charge in [-0.15, -0.1) is 5.10 Å². The third-order valence-corrected chi connectivity index (χ3v) is 7.06. The number of nitrogens with zero attached hydrogens (tertiary/aromatic N) is 6. The van der Waals surface area contributed by atoms with Crippen LogP contribution in [0.1, 0.15) is 6.42 Å². The minimum Gasteiger partial charge on any atom is -0.479 e. The maximum atomic E-state index is 15.3. The Morgan fingerprint density at radius 3 is 2.76 bits per heavy atom. The first-order valence-corrected chi connectivity index (χ1v) is 12.1. The van der Waals surface area contributed by atoms with Crippen molar-refractivity contribution in [2.24, 2.45) is 0 Å². The highest BCUT2D eigenvalue weighted by Gasteiger charge is 2.47. The number of anilines is 1. The van der Waals surface area contributed by atoms with Gasteiger partial charge in [-0.2, -0.15) is 4.98 Å². The van der Waals surface area contributed by atoms with Crippen LogP contribution in [0, 0.1) is 5.82 Å². The lowest BCUT2D eigenvalue weighted by atomic mass is 9.98. The van der Waals surface area contributed by atoms with Crippen molar-refractivity contribution in [1.29, 1.82) is 0 Å². The number of aromatic nitrogens is 5. The normalized spacial score (nSPS) is 20.3. The zero-order chi connectivity index (χ0) is 26.6. The number of fused-ring (bicyclic) bond motifs is 2. The quantitative estimate of drug-likeness (QED) is 0.360. The van der Waals surface area contributed by atoms with Gasteiger partial charge in [-0.3, -0.25) is 4.90 Å². The van der Waals surface area contributed by atoms with Crippen molar-refractivity contribution < 1.29 is 31.4 Å². The summed E-state index contributed by atoms with van der Waals surface area (Å²) in [4.78, 5) is 10.1. The van der Waals surface area contributed by atoms with Crippen molar-refractivity contribution in [2.75, 3.05) is 38.7 Å². The molecule has 0 aliphatic carbocycles. The molecule has 9 nitrogen and oxygen atoms in total. The second-order valence-electron chi connectivity index (χ2n) is 9.49. The Morgan fingerprint density at radius 1 is 1.26 bits per heavy atom. The van der Waals surface area contributed by atoms with E-state index in [1.807, 2.05) is 0 Å². The summed E-state index contributed by atoms with van der Waals surface area (Å²) in [5, 5.41) is 6.94. The lowest BCUT2D eigenvalue weighted by Gasteiger charge is -2.44. The minimum atomic E-state index is -3.05. The van der Waals surface area contributed by atoms with Gasteiger partial charge in [0.1, 0.15) is 5.52 Å². The molecule has 2 aliphatic heterocycles. The fourth-order valence-electron chi connectivity index (χ4n) is 5.05. The van der Waals surface area contributed by atoms with E-state index < -0.39 is 37.3 Å². The van der Waals surface area contributed by atoms with Crippen molar-refractivity contribution in [3.8, 4) is 17.0 Å². The number of benzene rings is 1. The van der Waals surface area contributed by atoms with Gasteiger partial charge in [-0.1, -0.05) is 6.07 Å². The van der Waals surface area contributed by atoms with E-state index in [0.29, 0.717) is 36.4 Å². The maximum absolute atomic E-state index is 15.3. The molecule has 1 atom stereocenters. The summed E-state index contributed by atoms with van der Waals surface area (Å²) < 4.78 is 84.2. The highest BCUT2D eigenvalue weighted by molar-refractivity contribution is 5.90. The largest absolute Gasteiger partial charge is 0.479 e. The number of rotatable bonds is 7. The molecule has 0 spiro atoms. The first-order valence-electron chi connectivity index (χ1n) is 12.1. The summed E-state index contributed by atoms with van der Waals surface area (Å²) >= 11 is 0. The Balaban J connectivity index is 1.33. The number of hydrogen-bond acceptors (Lipinski definition) is 7. The molecule has 0 radical (unpaired) electrons. The van der Waals surface area contributed by atoms with Gasteiger partial charge in [-0.25, -0.2) is 31.5 Å². The fraction of sp³-hybridized carbons (Fsp3) is 0.458. The van der Waals surface area contributed by atoms with Gasteiger partial charge < -0.3 is 19.4 Å². The van der Waals surface area contributed by atoms with Gasteiger partial charge in [-0.05, 0) is 24.1 Å². The van der Waals surface area contributed by atoms with Crippen molar-refractivity contribution in [1.82, 2.24) is 29.0 Å². The second kappa shape index (κ2) is 9.34. The minimum absolute atomic E-state index is 0.00372. The molecule has 38 heavy (non-hydrogen) atoms. The number of piperidine rings is 1. The number of hydrogen-bond donors (Lipinski definition) is 1. The van der Waals surface area contributed by atoms with Crippen molar-refractivity contribution in [2.45, 2.75) is 37.4 Å². The van der Waals surface area contributed by atoms with Crippen LogP contribution in [0.25, 0.3) is 27.7 Å². The molecule has 0 bridgehead atoms. The first kappa shape index (κ1) is 24.8. The fourth-order valence-corrected chi connectivity index (χ4v) is 5.05. The Morgan fingerprint density at radius 2 is 2.08 bits per heavy atom. The number of imidazole rings is 1. The Bertz CT molecular complexity index is 1490. The molecule has 6 rings (SSSR count). The van der Waals surface area contributed by atoms with Gasteiger partial charge in [0.15, 0.2) is 5.82 Å². The van der Waals surface area contributed by atoms with E-state index in [9.17, 15) is 17.6 Å². The lowest BCUT2D eigenvalue weighted by molar-refractivity contribution is -0.131. The van der Waals surface area contributed by atoms with Crippen molar-refractivity contribution in [3.63, 3.8) is 0 Å². The summed E-state index contributed by atoms with van der Waals surface area (Å²) in [7, 11) is 1.33. The average molecular weight is 537 g/mol. The molecule has 1 unspecified atom stereocenters. The molecular formula is C24H24F5N7O2. The third kappa shape index (κ3) is 4.30. The summed E-state index contributed by atoms with van der Waals surface area (Å²) in [6.45, 7) is 0.402. The van der Waals surface area contributed by atoms with Crippen LogP contribution in [0.5, 0.6) is 5.88 Å². The number of nitrogens with one attached hydrogen (secondary N) is 1. The zero-order valence-corrected chi connectivity index (χ0v) is 20.3. The van der Waals surface area contributed by atoms with E-state index >= 15 is 4.39 Å². The van der Waals surface area contributed by atoms with Crippen LogP contribution in [0.4, 0.5) is 27.9 Å². The number of ether oxygens (including phenoxy) is 2. The first-order chi connectivity index (χ1) is 18.2. The van der Waals surface area contributed by atoms with Crippen molar-refractivity contribution in [3.05, 3.63) is 36.5 Å². The summed E-state index contributed by atoms with van der Waals surface area (Å²) in [6.07, 6.45) is -0.0334. The monoisotopic (exact) mass is 537 g/mol. The molecule has 1 N–H and O–H groups in total. The molecule has 2 fully saturated rings. The van der Waals surface area contributed by atoms with Crippen LogP contribution in [0.2, 0.25) is 0 Å². The number of methoxy groups -OCH3 is 1. The highest BCUT2D eigenvalue weighted by Crippen LogP contribution is 2.36. The van der Waals surface area contributed by atoms with E-state index in [1.54, 1.807) is 23.1 Å². The molecule has 4 aromatic rings. The van der Waals surface area contributed by atoms with Gasteiger partial charge >= 0.3 is 0 Å². The summed E-state index contributed by atoms with van der Waals surface area (Å²) in [5.74, 6) is -3.89. The summed E-state index contributed by atoms with van der Waals surface area (Å²) in [6, 6.07) is 3.54. The van der Waals surface area contributed by atoms with Gasteiger partial charge in [0.25, 0.3) is 12.3 Å². The van der Waals surface area contributed by atoms with E-state index in [1.165, 1.54) is 22.5 Å². The van der Waals surface area contributed by atoms with Crippen LogP contribution in [-0.4, -0.2) is 86.9 Å². The third-order valence-electron chi connectivity index (χ3n) is 7.06. The topological polar surface area (TPSA) is 81.7 Å². The predicted molar refractivity (Wildman–Crippen MR) is 127 cm³/mol. The standard InChI is InChI=1S/C24H24F5N7O2/c1-37-22-21-20(13-2-3-16-17(6-13)35(12-30-16)8-19(26)27)15(25)7-36(21)33-23(32-22)31-18-4-5-34(11-24(18,28)29)14-9-38-10-14/h2-3,6-7,12,14,18-19H,4-5,8-11H2,1H3,(H,31,33). The molecule has 2 saturated heterocycles. The van der Waals surface area contributed by atoms with Crippen LogP contribution in [-0.2, 0) is 11.3 Å². The molecule has 1 aromatic carbocycles. The van der Waals surface area contributed by atoms with Crippen LogP contribution in [0.3, 0.4) is 0 Å².